The summed E-state index contributed by atoms with van der Waals surface area (Å²) in [6.07, 6.45) is 39.5. The van der Waals surface area contributed by atoms with Crippen molar-refractivity contribution in [2.45, 2.75) is 231 Å². The topological polar surface area (TPSA) is 27.7 Å². The van der Waals surface area contributed by atoms with Crippen molar-refractivity contribution in [1.29, 1.82) is 0 Å². The minimum absolute atomic E-state index is 0.546. The van der Waals surface area contributed by atoms with Gasteiger partial charge in [-0.1, -0.05) is 260 Å². The van der Waals surface area contributed by atoms with E-state index in [4.69, 9.17) is 14.2 Å². The van der Waals surface area contributed by atoms with E-state index in [-0.39, 0.29) is 0 Å². The molecule has 0 aliphatic heterocycles. The second-order valence-electron chi connectivity index (χ2n) is 26.1. The van der Waals surface area contributed by atoms with Crippen LogP contribution in [0.2, 0.25) is 0 Å². The lowest BCUT2D eigenvalue weighted by molar-refractivity contribution is 0.304. The van der Waals surface area contributed by atoms with E-state index in [0.717, 1.165) is 56.3 Å². The number of ether oxygens (including phenoxy) is 3. The Hall–Kier alpha value is -4.74. The summed E-state index contributed by atoms with van der Waals surface area (Å²) in [5.41, 5.74) is 11.2. The van der Waals surface area contributed by atoms with Crippen LogP contribution in [0.25, 0.3) is 47.7 Å². The van der Waals surface area contributed by atoms with E-state index in [1.54, 1.807) is 0 Å². The van der Waals surface area contributed by atoms with Gasteiger partial charge in [0.1, 0.15) is 17.2 Å². The first-order valence-electron chi connectivity index (χ1n) is 35.4. The highest BCUT2D eigenvalue weighted by molar-refractivity contribution is 7.37. The largest absolute Gasteiger partial charge is 0.494 e. The molecule has 3 nitrogen and oxygen atoms in total. The molecule has 0 spiro atoms. The molecule has 476 valence electrons. The van der Waals surface area contributed by atoms with Crippen molar-refractivity contribution in [2.24, 2.45) is 0 Å². The summed E-state index contributed by atoms with van der Waals surface area (Å²) < 4.78 is 28.3. The van der Waals surface area contributed by atoms with E-state index < -0.39 is 10.8 Å². The second-order valence-corrected chi connectivity index (χ2v) is 32.1. The van der Waals surface area contributed by atoms with Crippen LogP contribution in [0.15, 0.2) is 120 Å². The van der Waals surface area contributed by atoms with E-state index in [0.29, 0.717) is 0 Å². The number of aryl methyl sites for hydroxylation is 1. The smallest absolute Gasteiger partial charge is 0.119 e. The molecule has 0 bridgehead atoms. The van der Waals surface area contributed by atoms with Crippen LogP contribution in [0.3, 0.4) is 0 Å². The lowest BCUT2D eigenvalue weighted by Gasteiger charge is -2.34. The van der Waals surface area contributed by atoms with Crippen LogP contribution in [0, 0.1) is 6.92 Å². The van der Waals surface area contributed by atoms with Crippen LogP contribution in [0.1, 0.15) is 263 Å². The Kier molecular flexibility index (Phi) is 23.2. The predicted molar refractivity (Wildman–Crippen MR) is 398 cm³/mol. The Morgan fingerprint density at radius 1 is 0.278 bits per heavy atom. The van der Waals surface area contributed by atoms with E-state index in [2.05, 4.69) is 170 Å². The third-order valence-corrected chi connectivity index (χ3v) is 27.0. The first kappa shape index (κ1) is 65.3. The van der Waals surface area contributed by atoms with E-state index in [1.165, 1.54) is 271 Å². The minimum atomic E-state index is -0.590. The molecule has 10 aromatic rings. The Bertz CT molecular complexity index is 3740. The molecule has 0 saturated heterocycles. The molecule has 9 heteroatoms. The summed E-state index contributed by atoms with van der Waals surface area (Å²) in [5, 5.41) is 4.63. The maximum absolute atomic E-state index is 6.63. The summed E-state index contributed by atoms with van der Waals surface area (Å²) in [7, 11) is 0. The van der Waals surface area contributed by atoms with Gasteiger partial charge in [0.15, 0.2) is 0 Å². The van der Waals surface area contributed by atoms with Gasteiger partial charge in [-0.05, 0) is 108 Å². The van der Waals surface area contributed by atoms with Gasteiger partial charge in [-0.3, -0.25) is 0 Å². The molecule has 1 unspecified atom stereocenters. The quantitative estimate of drug-likeness (QED) is 0.0358. The van der Waals surface area contributed by atoms with Gasteiger partial charge in [0.25, 0.3) is 0 Å². The van der Waals surface area contributed by atoms with Crippen molar-refractivity contribution in [3.05, 3.63) is 170 Å². The second kappa shape index (κ2) is 31.9. The summed E-state index contributed by atoms with van der Waals surface area (Å²) in [6.45, 7) is 11.4. The summed E-state index contributed by atoms with van der Waals surface area (Å²) in [5.74, 6) is 2.88. The van der Waals surface area contributed by atoms with E-state index in [9.17, 15) is 0 Å². The first-order chi connectivity index (χ1) is 44.5. The summed E-state index contributed by atoms with van der Waals surface area (Å²) in [6, 6.07) is 42.5. The highest BCUT2D eigenvalue weighted by Crippen LogP contribution is 2.72. The molecule has 0 radical (unpaired) electrons. The van der Waals surface area contributed by atoms with Gasteiger partial charge in [0.05, 0.1) is 69.0 Å². The third kappa shape index (κ3) is 13.8. The molecule has 4 aromatic carbocycles. The number of unbranched alkanes of at least 4 members (excludes halogenated alkanes) is 27. The standard InChI is InChI=1S/C81H98O3S6/c1-5-8-11-14-17-20-23-26-29-32-53-82-63-45-39-60(40-46-63)80(59-37-35-58(4)36-38-59)68-72-66(51-56-85-72)87-74(68)76-70(80)78-79(89-76)71-77(90-78)75-69(73-67(88-75)52-57-86-73)81(71,61-41-47-64(48-42-61)83-54-33-30-27-24-21-18-15-12-9-6-2)62-43-49-65(50-44-62)84-55-34-31-28-25-22-19-16-13-10-7-3/h35-52,56-57H,5-34,53-55H2,1-4H3. The molecule has 90 heavy (non-hydrogen) atoms. The van der Waals surface area contributed by atoms with Crippen LogP contribution >= 0.6 is 68.0 Å². The first-order valence-corrected chi connectivity index (χ1v) is 40.4. The lowest BCUT2D eigenvalue weighted by Crippen LogP contribution is -2.29. The number of rotatable bonds is 40. The predicted octanol–water partition coefficient (Wildman–Crippen LogP) is 27.4. The number of benzene rings is 4. The van der Waals surface area contributed by atoms with Gasteiger partial charge in [-0.2, -0.15) is 0 Å². The molecule has 0 saturated carbocycles. The van der Waals surface area contributed by atoms with Crippen LogP contribution in [-0.2, 0) is 10.8 Å². The molecular weight excluding hydrogens is 1210 g/mol. The number of hydrogen-bond acceptors (Lipinski definition) is 9. The molecule has 0 N–H and O–H groups in total. The molecular formula is C81H98O3S6. The van der Waals surface area contributed by atoms with Crippen molar-refractivity contribution in [1.82, 2.24) is 0 Å². The van der Waals surface area contributed by atoms with Gasteiger partial charge in [-0.15, -0.1) is 68.0 Å². The lowest BCUT2D eigenvalue weighted by atomic mass is 9.67. The van der Waals surface area contributed by atoms with Crippen molar-refractivity contribution in [3.63, 3.8) is 0 Å². The van der Waals surface area contributed by atoms with Gasteiger partial charge in [0.2, 0.25) is 0 Å². The Labute approximate surface area is 563 Å². The minimum Gasteiger partial charge on any atom is -0.494 e. The molecule has 0 amide bonds. The average Bonchev–Trinajstić information content (AvgIpc) is 1.48. The molecule has 2 aliphatic carbocycles. The van der Waals surface area contributed by atoms with Crippen molar-refractivity contribution in [2.75, 3.05) is 19.8 Å². The maximum Gasteiger partial charge on any atom is 0.119 e. The van der Waals surface area contributed by atoms with E-state index >= 15 is 0 Å². The highest BCUT2D eigenvalue weighted by Gasteiger charge is 2.56. The number of hydrogen-bond donors (Lipinski definition) is 0. The van der Waals surface area contributed by atoms with Crippen LogP contribution < -0.4 is 14.2 Å². The fraction of sp³-hybridized carbons (Fsp3) is 0.481. The van der Waals surface area contributed by atoms with Crippen LogP contribution in [0.5, 0.6) is 17.2 Å². The Morgan fingerprint density at radius 2 is 0.533 bits per heavy atom. The molecule has 6 aromatic heterocycles. The molecule has 12 rings (SSSR count). The Balaban J connectivity index is 0.903. The SMILES string of the molecule is CCCCCCCCCCCCOc1ccc(C2(c3ccc(C)cc3)c3c(sc4ccsc34)-c3sc4c5c(sc4c32)-c2sc3ccsc3c2C5(c2ccc(OCCCCCCCCCCCC)cc2)c2ccc(OCCCCCCCCCCCC)cc2)cc1. The summed E-state index contributed by atoms with van der Waals surface area (Å²) >= 11 is 12.0. The highest BCUT2D eigenvalue weighted by atomic mass is 32.1. The summed E-state index contributed by atoms with van der Waals surface area (Å²) in [4.78, 5) is 5.72. The molecule has 1 atom stereocenters. The molecule has 6 heterocycles. The zero-order chi connectivity index (χ0) is 61.5. The monoisotopic (exact) mass is 1310 g/mol. The van der Waals surface area contributed by atoms with Crippen molar-refractivity contribution in [3.8, 4) is 36.8 Å². The fourth-order valence-electron chi connectivity index (χ4n) is 14.9. The Morgan fingerprint density at radius 3 is 0.833 bits per heavy atom. The average molecular weight is 1310 g/mol. The zero-order valence-electron chi connectivity index (χ0n) is 54.6. The van der Waals surface area contributed by atoms with Gasteiger partial charge in [0, 0.05) is 31.7 Å². The number of thiophene rings is 6. The third-order valence-electron chi connectivity index (χ3n) is 19.7. The fourth-order valence-corrected chi connectivity index (χ4v) is 23.2. The van der Waals surface area contributed by atoms with E-state index in [1.807, 2.05) is 45.3 Å². The van der Waals surface area contributed by atoms with Gasteiger partial charge in [-0.25, -0.2) is 0 Å². The zero-order valence-corrected chi connectivity index (χ0v) is 59.5. The van der Waals surface area contributed by atoms with Crippen molar-refractivity contribution < 1.29 is 14.2 Å². The molecule has 0 fully saturated rings. The molecule has 2 aliphatic rings. The van der Waals surface area contributed by atoms with Gasteiger partial charge >= 0.3 is 0 Å². The van der Waals surface area contributed by atoms with Gasteiger partial charge < -0.3 is 14.2 Å². The van der Waals surface area contributed by atoms with Crippen molar-refractivity contribution >= 4 is 96.2 Å². The maximum atomic E-state index is 6.63. The van der Waals surface area contributed by atoms with Crippen LogP contribution in [0.4, 0.5) is 0 Å². The number of fused-ring (bicyclic) bond motifs is 13. The normalized spacial score (nSPS) is 14.7. The van der Waals surface area contributed by atoms with Crippen LogP contribution in [-0.4, -0.2) is 19.8 Å².